The van der Waals surface area contributed by atoms with E-state index >= 15 is 0 Å². The van der Waals surface area contributed by atoms with Crippen LogP contribution in [-0.2, 0) is 54.2 Å². The number of ether oxygens (including phenoxy) is 7. The first kappa shape index (κ1) is 84.2. The van der Waals surface area contributed by atoms with Gasteiger partial charge in [-0.3, -0.25) is 24.5 Å². The number of imidazole rings is 1. The maximum atomic E-state index is 13.9. The second-order valence-corrected chi connectivity index (χ2v) is 31.4. The van der Waals surface area contributed by atoms with Crippen molar-refractivity contribution in [2.75, 3.05) is 79.3 Å². The number of aliphatic imine (C=N–C) groups is 1. The number of aromatic amines is 1. The van der Waals surface area contributed by atoms with Crippen molar-refractivity contribution in [3.05, 3.63) is 291 Å². The van der Waals surface area contributed by atoms with E-state index in [4.69, 9.17) is 58.3 Å². The molecule has 10 atom stereocenters. The summed E-state index contributed by atoms with van der Waals surface area (Å²) in [6, 6.07) is 63.6. The van der Waals surface area contributed by atoms with Crippen molar-refractivity contribution in [3.63, 3.8) is 0 Å². The molecule has 8 aromatic carbocycles. The molecule has 2 fully saturated rings. The van der Waals surface area contributed by atoms with Gasteiger partial charge < -0.3 is 84.2 Å². The number of H-pyrrole nitrogens is 1. The van der Waals surface area contributed by atoms with Crippen LogP contribution in [0.15, 0.2) is 229 Å². The predicted octanol–water partition coefficient (Wildman–Crippen LogP) is 10.6. The van der Waals surface area contributed by atoms with E-state index in [-0.39, 0.29) is 113 Å². The van der Waals surface area contributed by atoms with Crippen molar-refractivity contribution >= 4 is 49.2 Å². The highest BCUT2D eigenvalue weighted by Gasteiger charge is 2.55. The second-order valence-electron chi connectivity index (χ2n) is 29.7. The minimum atomic E-state index is -4.63. The van der Waals surface area contributed by atoms with Crippen LogP contribution in [-0.4, -0.2) is 196 Å². The molecule has 0 saturated carbocycles. The lowest BCUT2D eigenvalue weighted by Gasteiger charge is -2.37. The van der Waals surface area contributed by atoms with Gasteiger partial charge in [0.15, 0.2) is 17.8 Å². The molecule has 2 saturated heterocycles. The number of hydrogen-bond donors (Lipinski definition) is 10. The van der Waals surface area contributed by atoms with E-state index in [2.05, 4.69) is 77.5 Å². The molecule has 0 radical (unpaired) electrons. The first-order chi connectivity index (χ1) is 58.9. The summed E-state index contributed by atoms with van der Waals surface area (Å²) in [6.07, 6.45) is -7.62. The molecule has 2 aromatic heterocycles. The number of carbonyl (C=O) groups is 3. The monoisotopic (exact) mass is 1670 g/mol. The highest BCUT2D eigenvalue weighted by molar-refractivity contribution is 7.55. The Bertz CT molecular complexity index is 5310. The van der Waals surface area contributed by atoms with Gasteiger partial charge in [0.05, 0.1) is 33.3 Å². The van der Waals surface area contributed by atoms with E-state index in [0.29, 0.717) is 40.2 Å². The van der Waals surface area contributed by atoms with Crippen molar-refractivity contribution in [1.82, 2.24) is 45.3 Å². The molecule has 31 nitrogen and oxygen atoms in total. The number of aliphatic hydroxyl groups is 4. The van der Waals surface area contributed by atoms with Gasteiger partial charge in [0.25, 0.3) is 5.56 Å². The number of benzene rings is 8. The van der Waals surface area contributed by atoms with Crippen LogP contribution in [0.5, 0.6) is 11.5 Å². The number of nitrogens with zero attached hydrogens (tertiary/aromatic N) is 7. The minimum absolute atomic E-state index is 0.0128. The fraction of sp³-hybridized carbons (Fsp3) is 0.326. The Hall–Kier alpha value is -11.8. The zero-order valence-electron chi connectivity index (χ0n) is 66.6. The van der Waals surface area contributed by atoms with Gasteiger partial charge in [-0.15, -0.1) is 9.05 Å². The Morgan fingerprint density at radius 2 is 1.30 bits per heavy atom. The third-order valence-electron chi connectivity index (χ3n) is 22.1. The smallest absolute Gasteiger partial charge is 0.497 e. The van der Waals surface area contributed by atoms with Crippen LogP contribution in [0.25, 0.3) is 38.3 Å². The van der Waals surface area contributed by atoms with Gasteiger partial charge >= 0.3 is 20.4 Å². The van der Waals surface area contributed by atoms with Gasteiger partial charge in [0, 0.05) is 70.4 Å². The van der Waals surface area contributed by atoms with Crippen molar-refractivity contribution in [1.29, 1.82) is 0 Å². The summed E-state index contributed by atoms with van der Waals surface area (Å²) in [7, 11) is 0.108. The number of fused-ring (bicyclic) bond motifs is 7. The molecule has 15 rings (SSSR count). The van der Waals surface area contributed by atoms with Crippen LogP contribution in [0.3, 0.4) is 0 Å². The van der Waals surface area contributed by atoms with Gasteiger partial charge in [-0.1, -0.05) is 176 Å². The molecule has 0 spiro atoms. The normalized spacial score (nSPS) is 19.5. The SMILES string of the molecule is [C-]#[N+]CCO[P+](O)(OC[C@H]1OC(N2C=CC(NC(=O)CCCN(C)C(=O)OCC3c4ccccc4-c4ccccc43)=NC2O)CC1O)OC1C[C@H](n2cnc3c(=O)[nH]c(NC(O)CCNC(O)c4ccc(CNC(=O)OCC5c6ccccc6-c6ccccc65)cc4)nc32)OC1COC(c1ccccc1)(c1ccc(OC)cc1)c1ccc(OC)cc1. The Morgan fingerprint density at radius 1 is 0.711 bits per heavy atom. The molecule has 5 aliphatic rings. The lowest BCUT2D eigenvalue weighted by Crippen LogP contribution is -2.43. The van der Waals surface area contributed by atoms with Crippen LogP contribution < -0.4 is 36.3 Å². The average molecular weight is 1670 g/mol. The van der Waals surface area contributed by atoms with Gasteiger partial charge in [0.2, 0.25) is 24.8 Å². The third kappa shape index (κ3) is 19.2. The Kier molecular flexibility index (Phi) is 26.6. The van der Waals surface area contributed by atoms with Crippen LogP contribution >= 0.6 is 8.17 Å². The summed E-state index contributed by atoms with van der Waals surface area (Å²) < 4.78 is 63.7. The summed E-state index contributed by atoms with van der Waals surface area (Å²) in [6.45, 7) is 7.01. The van der Waals surface area contributed by atoms with Gasteiger partial charge in [-0.05, 0) is 109 Å². The number of amidine groups is 1. The molecule has 10 aromatic rings. The number of nitrogens with one attached hydrogen (secondary N) is 5. The highest BCUT2D eigenvalue weighted by atomic mass is 31.2. The first-order valence-corrected chi connectivity index (χ1v) is 41.3. The van der Waals surface area contributed by atoms with Crippen LogP contribution in [0.1, 0.15) is 106 Å². The number of alkyl carbamates (subject to hydrolysis) is 1. The Morgan fingerprint density at radius 3 is 1.90 bits per heavy atom. The van der Waals surface area contributed by atoms with Crippen molar-refractivity contribution in [2.45, 2.75) is 112 Å². The highest BCUT2D eigenvalue weighted by Crippen LogP contribution is 2.61. The van der Waals surface area contributed by atoms with E-state index in [1.165, 1.54) is 33.0 Å². The molecular weight excluding hydrogens is 1570 g/mol. The number of aliphatic hydroxyl groups excluding tert-OH is 4. The number of rotatable bonds is 35. The average Bonchev–Trinajstić information content (AvgIpc) is 1.42. The van der Waals surface area contributed by atoms with E-state index in [9.17, 15) is 44.5 Å². The zero-order valence-corrected chi connectivity index (χ0v) is 67.5. The molecule has 0 bridgehead atoms. The minimum Gasteiger partial charge on any atom is -0.497 e. The molecule has 10 N–H and O–H groups in total. The Balaban J connectivity index is 0.591. The largest absolute Gasteiger partial charge is 0.573 e. The lowest BCUT2D eigenvalue weighted by molar-refractivity contribution is -0.120. The number of amides is 3. The van der Waals surface area contributed by atoms with Gasteiger partial charge in [-0.2, -0.15) is 14.4 Å². The maximum absolute atomic E-state index is 13.9. The zero-order chi connectivity index (χ0) is 84.2. The fourth-order valence-corrected chi connectivity index (χ4v) is 17.3. The lowest BCUT2D eigenvalue weighted by atomic mass is 9.80. The van der Waals surface area contributed by atoms with E-state index in [1.807, 2.05) is 140 Å². The number of hydrogen-bond acceptors (Lipinski definition) is 25. The molecule has 2 aliphatic carbocycles. The summed E-state index contributed by atoms with van der Waals surface area (Å²) in [5.74, 6) is 0.479. The summed E-state index contributed by atoms with van der Waals surface area (Å²) in [5, 5.41) is 56.9. The fourth-order valence-electron chi connectivity index (χ4n) is 15.9. The molecule has 3 amide bonds. The number of carbonyl (C=O) groups excluding carboxylic acids is 3. The molecular formula is C89H94N12O19P+. The second kappa shape index (κ2) is 38.3. The molecule has 8 unspecified atom stereocenters. The van der Waals surface area contributed by atoms with E-state index in [1.54, 1.807) is 45.5 Å². The Labute approximate surface area is 697 Å². The topological polar surface area (TPSA) is 380 Å². The van der Waals surface area contributed by atoms with Crippen LogP contribution in [0, 0.1) is 6.57 Å². The molecule has 5 heterocycles. The maximum Gasteiger partial charge on any atom is 0.573 e. The summed E-state index contributed by atoms with van der Waals surface area (Å²) >= 11 is 0. The molecule has 628 valence electrons. The van der Waals surface area contributed by atoms with Gasteiger partial charge in [0.1, 0.15) is 86.0 Å². The summed E-state index contributed by atoms with van der Waals surface area (Å²) in [4.78, 5) is 88.2. The number of aromatic nitrogens is 4. The molecule has 32 heteroatoms. The molecule has 3 aliphatic heterocycles. The van der Waals surface area contributed by atoms with E-state index < -0.39 is 99.7 Å². The van der Waals surface area contributed by atoms with Crippen LogP contribution in [0.2, 0.25) is 0 Å². The van der Waals surface area contributed by atoms with Crippen molar-refractivity contribution in [3.8, 4) is 33.8 Å². The van der Waals surface area contributed by atoms with Crippen LogP contribution in [0.4, 0.5) is 15.5 Å². The van der Waals surface area contributed by atoms with E-state index in [0.717, 1.165) is 50.1 Å². The predicted molar refractivity (Wildman–Crippen MR) is 447 cm³/mol. The number of methoxy groups -OCH3 is 2. The quantitative estimate of drug-likeness (QED) is 0.00580. The third-order valence-corrected chi connectivity index (χ3v) is 23.6. The van der Waals surface area contributed by atoms with Crippen molar-refractivity contribution in [2.24, 2.45) is 4.99 Å². The standard InChI is InChI=1S/C89H93N12O19P/c1-90-43-46-116-121(110,117-53-74-72(102)47-79(118-74)100-45-41-76(95-86(100)107)94-77(103)27-16-44-99(2)88(109)114-51-71-68-25-14-10-21-64(68)65-22-11-15-26-69(65)71)120-73-48-80(119-75(73)52-115-89(57-17-6-5-7-18-57,58-32-36-60(111-3)37-33-58)59-34-38-61(112-4)39-35-59)101-54-93-81-82(101)97-85(98-84(81)106)96-78(104)40-42-91-83(105)56-30-28-55(29-31-56)49-92-87(108)113-50-70-66-23-12-8-19-62(66)63-20-9-13-24-67(63)70/h5-15,17-26,28-39,41,45,54,70-75,78-80,83,86,91,102,104-105,107,110H,16,27,40,42-44,46-53H2,2-4H3,(H3-,92,94,95,96,97,98,103,106,108)/p+1/t72?,73?,74-,75?,78?,79?,80-,83?,86?,121?/m1/s1. The molecule has 121 heavy (non-hydrogen) atoms. The van der Waals surface area contributed by atoms with Crippen molar-refractivity contribution < 1.29 is 86.4 Å². The van der Waals surface area contributed by atoms with Gasteiger partial charge in [-0.25, -0.2) is 26.1 Å². The first-order valence-electron chi connectivity index (χ1n) is 39.8. The number of anilines is 1. The summed E-state index contributed by atoms with van der Waals surface area (Å²) in [5.41, 5.74) is 10.1.